The van der Waals surface area contributed by atoms with E-state index in [1.165, 1.54) is 58.0 Å². The van der Waals surface area contributed by atoms with Crippen molar-refractivity contribution < 1.29 is 13.2 Å². The molecule has 3 fully saturated rings. The molecular weight excluding hydrogens is 338 g/mol. The van der Waals surface area contributed by atoms with Crippen LogP contribution in [0.5, 0.6) is 0 Å². The summed E-state index contributed by atoms with van der Waals surface area (Å²) < 4.78 is 24.7. The first-order chi connectivity index (χ1) is 11.9. The van der Waals surface area contributed by atoms with Gasteiger partial charge in [0, 0.05) is 31.6 Å². The number of carbonyl (C=O) groups is 1. The van der Waals surface area contributed by atoms with Gasteiger partial charge in [0.1, 0.15) is 0 Å². The van der Waals surface area contributed by atoms with Crippen LogP contribution in [0.2, 0.25) is 0 Å². The lowest BCUT2D eigenvalue weighted by Crippen LogP contribution is -2.47. The Morgan fingerprint density at radius 1 is 1.08 bits per heavy atom. The zero-order valence-corrected chi connectivity index (χ0v) is 16.3. The highest BCUT2D eigenvalue weighted by molar-refractivity contribution is 7.88. The molecule has 1 N–H and O–H groups in total. The van der Waals surface area contributed by atoms with E-state index >= 15 is 0 Å². The molecule has 7 heteroatoms. The normalized spacial score (nSPS) is 29.4. The van der Waals surface area contributed by atoms with Crippen molar-refractivity contribution in [3.05, 3.63) is 0 Å². The molecule has 3 rings (SSSR count). The molecular formula is C18H33N3O3S. The summed E-state index contributed by atoms with van der Waals surface area (Å²) in [6, 6.07) is 0. The third-order valence-electron chi connectivity index (χ3n) is 6.26. The number of rotatable bonds is 5. The summed E-state index contributed by atoms with van der Waals surface area (Å²) in [6.45, 7) is 4.97. The monoisotopic (exact) mass is 371 g/mol. The number of sulfonamides is 1. The molecule has 144 valence electrons. The Labute approximate surface area is 152 Å². The molecule has 0 aromatic heterocycles. The third kappa shape index (κ3) is 5.41. The lowest BCUT2D eigenvalue weighted by Gasteiger charge is -2.42. The molecule has 2 heterocycles. The topological polar surface area (TPSA) is 69.7 Å². The fourth-order valence-electron chi connectivity index (χ4n) is 4.99. The molecule has 1 atom stereocenters. The van der Waals surface area contributed by atoms with Crippen LogP contribution in [-0.2, 0) is 14.8 Å². The molecule has 0 aromatic carbocycles. The number of hydrogen-bond donors (Lipinski definition) is 1. The first-order valence-corrected chi connectivity index (χ1v) is 11.7. The van der Waals surface area contributed by atoms with Crippen molar-refractivity contribution in [1.82, 2.24) is 14.5 Å². The summed E-state index contributed by atoms with van der Waals surface area (Å²) in [5.74, 6) is 0.772. The number of carbonyl (C=O) groups excluding carboxylic acids is 1. The summed E-state index contributed by atoms with van der Waals surface area (Å²) >= 11 is 0. The second-order valence-corrected chi connectivity index (χ2v) is 10.3. The standard InChI is InChI=1S/C18H33N3O3S/c1-25(23,24)19-12-17(22)21-11-9-18(15-21)8-5-10-20(14-18)13-16-6-3-2-4-7-16/h16,19H,2-15H2,1H3/t18-/m0/s1. The molecule has 2 aliphatic heterocycles. The van der Waals surface area contributed by atoms with E-state index in [4.69, 9.17) is 0 Å². The molecule has 0 aromatic rings. The minimum Gasteiger partial charge on any atom is -0.341 e. The molecule has 0 radical (unpaired) electrons. The van der Waals surface area contributed by atoms with Gasteiger partial charge in [-0.3, -0.25) is 4.79 Å². The van der Waals surface area contributed by atoms with Crippen LogP contribution in [-0.4, -0.2) is 69.6 Å². The van der Waals surface area contributed by atoms with E-state index in [-0.39, 0.29) is 17.9 Å². The smallest absolute Gasteiger partial charge is 0.237 e. The van der Waals surface area contributed by atoms with Crippen molar-refractivity contribution in [2.45, 2.75) is 51.4 Å². The van der Waals surface area contributed by atoms with E-state index in [2.05, 4.69) is 9.62 Å². The molecule has 3 aliphatic rings. The molecule has 1 saturated carbocycles. The highest BCUT2D eigenvalue weighted by atomic mass is 32.2. The van der Waals surface area contributed by atoms with Gasteiger partial charge >= 0.3 is 0 Å². The zero-order valence-electron chi connectivity index (χ0n) is 15.5. The minimum atomic E-state index is -3.31. The maximum Gasteiger partial charge on any atom is 0.237 e. The highest BCUT2D eigenvalue weighted by Crippen LogP contribution is 2.39. The van der Waals surface area contributed by atoms with Crippen LogP contribution in [0.1, 0.15) is 51.4 Å². The Hall–Kier alpha value is -0.660. The van der Waals surface area contributed by atoms with Crippen molar-refractivity contribution in [2.75, 3.05) is 45.5 Å². The lowest BCUT2D eigenvalue weighted by atomic mass is 9.78. The van der Waals surface area contributed by atoms with Gasteiger partial charge < -0.3 is 9.80 Å². The Morgan fingerprint density at radius 3 is 2.56 bits per heavy atom. The SMILES string of the molecule is CS(=O)(=O)NCC(=O)N1CC[C@]2(CCCN(CC3CCCCC3)C2)C1. The highest BCUT2D eigenvalue weighted by Gasteiger charge is 2.42. The molecule has 1 spiro atoms. The average Bonchev–Trinajstić information content (AvgIpc) is 2.96. The zero-order chi connectivity index (χ0) is 17.9. The van der Waals surface area contributed by atoms with E-state index in [0.29, 0.717) is 0 Å². The molecule has 25 heavy (non-hydrogen) atoms. The first-order valence-electron chi connectivity index (χ1n) is 9.80. The maximum atomic E-state index is 12.3. The van der Waals surface area contributed by atoms with Crippen LogP contribution in [0.3, 0.4) is 0 Å². The van der Waals surface area contributed by atoms with Gasteiger partial charge in [-0.15, -0.1) is 0 Å². The second-order valence-electron chi connectivity index (χ2n) is 8.50. The minimum absolute atomic E-state index is 0.0910. The van der Waals surface area contributed by atoms with Crippen molar-refractivity contribution in [2.24, 2.45) is 11.3 Å². The second kappa shape index (κ2) is 7.92. The average molecular weight is 372 g/mol. The fourth-order valence-corrected chi connectivity index (χ4v) is 5.37. The van der Waals surface area contributed by atoms with Gasteiger partial charge in [-0.25, -0.2) is 13.1 Å². The van der Waals surface area contributed by atoms with Gasteiger partial charge in [-0.2, -0.15) is 0 Å². The van der Waals surface area contributed by atoms with Gasteiger partial charge in [0.2, 0.25) is 15.9 Å². The Kier molecular flexibility index (Phi) is 6.06. The summed E-state index contributed by atoms with van der Waals surface area (Å²) in [4.78, 5) is 16.8. The predicted molar refractivity (Wildman–Crippen MR) is 98.7 cm³/mol. The van der Waals surface area contributed by atoms with E-state index in [1.54, 1.807) is 0 Å². The largest absolute Gasteiger partial charge is 0.341 e. The van der Waals surface area contributed by atoms with E-state index in [9.17, 15) is 13.2 Å². The quantitative estimate of drug-likeness (QED) is 0.794. The fraction of sp³-hybridized carbons (Fsp3) is 0.944. The molecule has 1 aliphatic carbocycles. The van der Waals surface area contributed by atoms with Crippen LogP contribution < -0.4 is 4.72 Å². The van der Waals surface area contributed by atoms with Crippen LogP contribution >= 0.6 is 0 Å². The van der Waals surface area contributed by atoms with Gasteiger partial charge in [0.15, 0.2) is 0 Å². The predicted octanol–water partition coefficient (Wildman–Crippen LogP) is 1.43. The molecule has 2 saturated heterocycles. The van der Waals surface area contributed by atoms with Gasteiger partial charge in [-0.1, -0.05) is 19.3 Å². The number of nitrogens with zero attached hydrogens (tertiary/aromatic N) is 2. The van der Waals surface area contributed by atoms with E-state index in [1.807, 2.05) is 4.90 Å². The van der Waals surface area contributed by atoms with Crippen LogP contribution in [0, 0.1) is 11.3 Å². The van der Waals surface area contributed by atoms with Crippen molar-refractivity contribution in [3.63, 3.8) is 0 Å². The Balaban J connectivity index is 1.51. The number of nitrogens with one attached hydrogen (secondary N) is 1. The molecule has 6 nitrogen and oxygen atoms in total. The maximum absolute atomic E-state index is 12.3. The number of piperidine rings is 1. The Morgan fingerprint density at radius 2 is 1.84 bits per heavy atom. The van der Waals surface area contributed by atoms with Crippen LogP contribution in [0.25, 0.3) is 0 Å². The number of amides is 1. The summed E-state index contributed by atoms with van der Waals surface area (Å²) in [5, 5.41) is 0. The number of likely N-dealkylation sites (tertiary alicyclic amines) is 2. The molecule has 0 unspecified atom stereocenters. The number of hydrogen-bond acceptors (Lipinski definition) is 4. The van der Waals surface area contributed by atoms with Gasteiger partial charge in [-0.05, 0) is 44.6 Å². The Bertz CT molecular complexity index is 574. The molecule has 0 bridgehead atoms. The van der Waals surface area contributed by atoms with Crippen molar-refractivity contribution in [1.29, 1.82) is 0 Å². The lowest BCUT2D eigenvalue weighted by molar-refractivity contribution is -0.129. The van der Waals surface area contributed by atoms with E-state index in [0.717, 1.165) is 38.2 Å². The van der Waals surface area contributed by atoms with Gasteiger partial charge in [0.25, 0.3) is 0 Å². The summed E-state index contributed by atoms with van der Waals surface area (Å²) in [7, 11) is -3.31. The molecule has 1 amide bonds. The van der Waals surface area contributed by atoms with Crippen LogP contribution in [0.4, 0.5) is 0 Å². The third-order valence-corrected chi connectivity index (χ3v) is 6.93. The van der Waals surface area contributed by atoms with Crippen molar-refractivity contribution in [3.8, 4) is 0 Å². The van der Waals surface area contributed by atoms with Gasteiger partial charge in [0.05, 0.1) is 12.8 Å². The van der Waals surface area contributed by atoms with E-state index < -0.39 is 10.0 Å². The first kappa shape index (κ1) is 19.1. The van der Waals surface area contributed by atoms with Crippen molar-refractivity contribution >= 4 is 15.9 Å². The summed E-state index contributed by atoms with van der Waals surface area (Å²) in [6.07, 6.45) is 11.5. The summed E-state index contributed by atoms with van der Waals surface area (Å²) in [5.41, 5.74) is 0.230. The van der Waals surface area contributed by atoms with Crippen LogP contribution in [0.15, 0.2) is 0 Å².